The van der Waals surface area contributed by atoms with E-state index in [1.807, 2.05) is 30.3 Å². The van der Waals surface area contributed by atoms with Crippen molar-refractivity contribution in [1.29, 1.82) is 0 Å². The molecular weight excluding hydrogens is 163 g/mol. The predicted molar refractivity (Wildman–Crippen MR) is 39.5 cm³/mol. The molecule has 0 N–H and O–H groups in total. The van der Waals surface area contributed by atoms with Crippen LogP contribution >= 0.6 is 0 Å². The van der Waals surface area contributed by atoms with Crippen LogP contribution in [0.25, 0.3) is 0 Å². The summed E-state index contributed by atoms with van der Waals surface area (Å²) in [6, 6.07) is 9.68. The van der Waals surface area contributed by atoms with Crippen LogP contribution in [0.1, 0.15) is 8.56 Å². The molecule has 0 atom stereocenters. The molecular formula is C6H11AlOTi. The molecule has 1 rings (SSSR count). The van der Waals surface area contributed by atoms with E-state index in [4.69, 9.17) is 3.32 Å². The van der Waals surface area contributed by atoms with E-state index in [1.54, 1.807) is 20.8 Å². The first-order valence-corrected chi connectivity index (χ1v) is 2.96. The molecule has 0 aromatic heterocycles. The number of hydrogen-bond acceptors (Lipinski definition) is 1. The number of benzene rings is 1. The monoisotopic (exact) mass is 174 g/mol. The molecule has 0 saturated carbocycles. The van der Waals surface area contributed by atoms with E-state index in [0.717, 1.165) is 5.75 Å². The molecule has 0 bridgehead atoms. The average Bonchev–Trinajstić information content (AvgIpc) is 1.90. The summed E-state index contributed by atoms with van der Waals surface area (Å²) in [6.07, 6.45) is 0. The van der Waals surface area contributed by atoms with Gasteiger partial charge in [-0.25, -0.2) is 0 Å². The van der Waals surface area contributed by atoms with E-state index in [1.165, 1.54) is 0 Å². The number of hydrogen-bond donors (Lipinski definition) is 0. The quantitative estimate of drug-likeness (QED) is 0.590. The van der Waals surface area contributed by atoms with Crippen LogP contribution in [0.5, 0.6) is 5.75 Å². The third-order valence-electron chi connectivity index (χ3n) is 0.861. The summed E-state index contributed by atoms with van der Waals surface area (Å²) in [4.78, 5) is 0. The minimum atomic E-state index is 0. The summed E-state index contributed by atoms with van der Waals surface area (Å²) >= 11 is 1.66. The summed E-state index contributed by atoms with van der Waals surface area (Å²) in [6.45, 7) is 0. The maximum absolute atomic E-state index is 4.91. The molecule has 0 amide bonds. The van der Waals surface area contributed by atoms with Crippen molar-refractivity contribution in [1.82, 2.24) is 0 Å². The fourth-order valence-electron chi connectivity index (χ4n) is 0.489. The third kappa shape index (κ3) is 3.08. The second-order valence-electron chi connectivity index (χ2n) is 1.42. The zero-order chi connectivity index (χ0) is 5.82. The van der Waals surface area contributed by atoms with Crippen LogP contribution in [0.3, 0.4) is 0 Å². The zero-order valence-electron chi connectivity index (χ0n) is 10.9. The fraction of sp³-hybridized carbons (Fsp3) is 0. The molecule has 0 saturated heterocycles. The van der Waals surface area contributed by atoms with Gasteiger partial charge in [0.15, 0.2) is 0 Å². The van der Waals surface area contributed by atoms with E-state index >= 15 is 0 Å². The third-order valence-corrected chi connectivity index (χ3v) is 1.23. The molecule has 3 heteroatoms. The molecule has 0 aliphatic rings. The first kappa shape index (κ1) is 9.27. The molecule has 9 heavy (non-hydrogen) atoms. The van der Waals surface area contributed by atoms with Crippen LogP contribution in [0.4, 0.5) is 0 Å². The molecule has 0 radical (unpaired) electrons. The first-order valence-electron chi connectivity index (χ1n) is 2.32. The molecule has 1 aromatic carbocycles. The molecule has 0 unspecified atom stereocenters. The second-order valence-corrected chi connectivity index (χ2v) is 1.73. The normalized spacial score (nSPS) is 7.78. The Labute approximate surface area is 86.3 Å². The Kier molecular flexibility index (Phi) is 5.23. The van der Waals surface area contributed by atoms with Gasteiger partial charge in [0.2, 0.25) is 0 Å². The van der Waals surface area contributed by atoms with Gasteiger partial charge in [0.05, 0.1) is 0 Å². The molecule has 0 aliphatic carbocycles. The Morgan fingerprint density at radius 1 is 1.22 bits per heavy atom. The Balaban J connectivity index is -0.0000000183. The molecule has 48 valence electrons. The van der Waals surface area contributed by atoms with Gasteiger partial charge in [-0.1, -0.05) is 0 Å². The Morgan fingerprint density at radius 3 is 2.11 bits per heavy atom. The standard InChI is InChI=1S/C6H6O.Al.Ti.6H/c7-6-4-2-1-3-5-6;;;;;;;;/h1-5,7H;;;;;;;;/q;+3;+4;6*-1/p-1. The summed E-state index contributed by atoms with van der Waals surface area (Å²) in [5, 5.41) is 0. The van der Waals surface area contributed by atoms with Crippen molar-refractivity contribution in [2.75, 3.05) is 0 Å². The SMILES string of the molecule is [Al+3].[H-].[H-].[H-].[H-].[H-].[H-].[Ti+3][O]c1ccccc1. The molecule has 0 heterocycles. The Morgan fingerprint density at radius 2 is 1.78 bits per heavy atom. The zero-order valence-corrected chi connectivity index (χ0v) is 7.59. The minimum absolute atomic E-state index is 0. The number of rotatable bonds is 1. The molecule has 0 fully saturated rings. The van der Waals surface area contributed by atoms with Gasteiger partial charge < -0.3 is 8.56 Å². The molecule has 1 aromatic rings. The summed E-state index contributed by atoms with van der Waals surface area (Å²) < 4.78 is 4.91. The van der Waals surface area contributed by atoms with Crippen molar-refractivity contribution in [3.8, 4) is 5.75 Å². The fourth-order valence-corrected chi connectivity index (χ4v) is 0.701. The summed E-state index contributed by atoms with van der Waals surface area (Å²) in [5.41, 5.74) is 0. The van der Waals surface area contributed by atoms with E-state index in [0.29, 0.717) is 0 Å². The molecule has 0 aliphatic heterocycles. The van der Waals surface area contributed by atoms with Crippen LogP contribution in [-0.4, -0.2) is 17.4 Å². The van der Waals surface area contributed by atoms with Crippen molar-refractivity contribution in [3.05, 3.63) is 30.3 Å². The number of para-hydroxylation sites is 1. The molecule has 0 spiro atoms. The Bertz CT molecular complexity index is 169. The van der Waals surface area contributed by atoms with Crippen LogP contribution < -0.4 is 3.32 Å². The van der Waals surface area contributed by atoms with Crippen LogP contribution in [-0.2, 0) is 20.8 Å². The van der Waals surface area contributed by atoms with Crippen LogP contribution in [0, 0.1) is 0 Å². The van der Waals surface area contributed by atoms with Gasteiger partial charge in [0.1, 0.15) is 0 Å². The van der Waals surface area contributed by atoms with E-state index in [-0.39, 0.29) is 25.9 Å². The van der Waals surface area contributed by atoms with Gasteiger partial charge in [0.25, 0.3) is 0 Å². The van der Waals surface area contributed by atoms with Gasteiger partial charge in [-0.05, 0) is 0 Å². The van der Waals surface area contributed by atoms with Crippen molar-refractivity contribution in [3.63, 3.8) is 0 Å². The summed E-state index contributed by atoms with van der Waals surface area (Å²) in [5.74, 6) is 0.910. The van der Waals surface area contributed by atoms with Gasteiger partial charge >= 0.3 is 77.6 Å². The maximum atomic E-state index is 4.91. The van der Waals surface area contributed by atoms with Gasteiger partial charge in [-0.15, -0.1) is 0 Å². The van der Waals surface area contributed by atoms with E-state index in [9.17, 15) is 0 Å². The van der Waals surface area contributed by atoms with Crippen molar-refractivity contribution < 1.29 is 32.7 Å². The van der Waals surface area contributed by atoms with Gasteiger partial charge in [-0.3, -0.25) is 0 Å². The second kappa shape index (κ2) is 5.08. The summed E-state index contributed by atoms with van der Waals surface area (Å²) in [7, 11) is 0. The van der Waals surface area contributed by atoms with Crippen LogP contribution in [0.15, 0.2) is 30.3 Å². The van der Waals surface area contributed by atoms with Gasteiger partial charge in [-0.2, -0.15) is 0 Å². The predicted octanol–water partition coefficient (Wildman–Crippen LogP) is 1.82. The van der Waals surface area contributed by atoms with E-state index < -0.39 is 0 Å². The van der Waals surface area contributed by atoms with Crippen molar-refractivity contribution in [2.24, 2.45) is 0 Å². The topological polar surface area (TPSA) is 9.23 Å². The Hall–Kier alpha value is 0.267. The van der Waals surface area contributed by atoms with Crippen LogP contribution in [0.2, 0.25) is 0 Å². The van der Waals surface area contributed by atoms with Gasteiger partial charge in [0, 0.05) is 0 Å². The van der Waals surface area contributed by atoms with Crippen molar-refractivity contribution >= 4 is 17.4 Å². The average molecular weight is 174 g/mol. The van der Waals surface area contributed by atoms with E-state index in [2.05, 4.69) is 0 Å². The first-order chi connectivity index (χ1) is 3.93. The molecule has 1 nitrogen and oxygen atoms in total. The van der Waals surface area contributed by atoms with Crippen molar-refractivity contribution in [2.45, 2.75) is 0 Å².